The fourth-order valence-electron chi connectivity index (χ4n) is 2.65. The van der Waals surface area contributed by atoms with Crippen molar-refractivity contribution >= 4 is 23.1 Å². The number of rotatable bonds is 4. The molecule has 5 heteroatoms. The number of carbonyl (C=O) groups is 1. The third-order valence-corrected chi connectivity index (χ3v) is 3.68. The van der Waals surface area contributed by atoms with E-state index in [2.05, 4.69) is 4.98 Å². The van der Waals surface area contributed by atoms with E-state index in [0.29, 0.717) is 24.6 Å². The van der Waals surface area contributed by atoms with Crippen molar-refractivity contribution in [1.29, 1.82) is 0 Å². The fraction of sp³-hybridized carbons (Fsp3) is 0.375. The van der Waals surface area contributed by atoms with Crippen molar-refractivity contribution in [2.75, 3.05) is 13.1 Å². The Bertz CT molecular complexity index is 651. The SMILES string of the molecule is CCCC1(O)CN(C(=O)C=Cc2nc3ccccc3o2)C1. The summed E-state index contributed by atoms with van der Waals surface area (Å²) >= 11 is 0. The molecule has 1 aliphatic rings. The molecule has 0 saturated carbocycles. The Morgan fingerprint density at radius 2 is 2.24 bits per heavy atom. The Morgan fingerprint density at radius 1 is 1.48 bits per heavy atom. The molecule has 2 aromatic rings. The number of para-hydroxylation sites is 2. The molecule has 1 aromatic carbocycles. The molecule has 0 spiro atoms. The zero-order valence-electron chi connectivity index (χ0n) is 12.0. The molecule has 1 N–H and O–H groups in total. The molecule has 110 valence electrons. The number of hydrogen-bond donors (Lipinski definition) is 1. The van der Waals surface area contributed by atoms with E-state index < -0.39 is 5.60 Å². The van der Waals surface area contributed by atoms with Gasteiger partial charge in [0, 0.05) is 12.2 Å². The van der Waals surface area contributed by atoms with E-state index in [9.17, 15) is 9.90 Å². The van der Waals surface area contributed by atoms with Gasteiger partial charge in [-0.25, -0.2) is 4.98 Å². The maximum Gasteiger partial charge on any atom is 0.246 e. The molecule has 5 nitrogen and oxygen atoms in total. The highest BCUT2D eigenvalue weighted by Crippen LogP contribution is 2.26. The molecule has 0 atom stereocenters. The molecule has 2 heterocycles. The van der Waals surface area contributed by atoms with Gasteiger partial charge in [0.1, 0.15) is 5.52 Å². The minimum atomic E-state index is -0.699. The molecule has 3 rings (SSSR count). The zero-order chi connectivity index (χ0) is 14.9. The first-order chi connectivity index (χ1) is 10.1. The molecule has 0 unspecified atom stereocenters. The van der Waals surface area contributed by atoms with Gasteiger partial charge in [0.15, 0.2) is 5.58 Å². The highest BCUT2D eigenvalue weighted by Gasteiger charge is 2.41. The lowest BCUT2D eigenvalue weighted by atomic mass is 9.89. The molecule has 1 amide bonds. The Balaban J connectivity index is 1.63. The van der Waals surface area contributed by atoms with Crippen molar-refractivity contribution in [1.82, 2.24) is 9.88 Å². The molecular weight excluding hydrogens is 268 g/mol. The van der Waals surface area contributed by atoms with E-state index in [1.807, 2.05) is 31.2 Å². The van der Waals surface area contributed by atoms with Gasteiger partial charge in [-0.1, -0.05) is 25.5 Å². The molecule has 21 heavy (non-hydrogen) atoms. The van der Waals surface area contributed by atoms with Crippen LogP contribution < -0.4 is 0 Å². The predicted octanol–water partition coefficient (Wildman–Crippen LogP) is 2.21. The monoisotopic (exact) mass is 286 g/mol. The molecule has 1 aromatic heterocycles. The number of amides is 1. The van der Waals surface area contributed by atoms with E-state index in [1.165, 1.54) is 6.08 Å². The fourth-order valence-corrected chi connectivity index (χ4v) is 2.65. The van der Waals surface area contributed by atoms with Gasteiger partial charge in [-0.3, -0.25) is 4.79 Å². The van der Waals surface area contributed by atoms with Gasteiger partial charge < -0.3 is 14.4 Å². The Kier molecular flexibility index (Phi) is 3.51. The van der Waals surface area contributed by atoms with Crippen molar-refractivity contribution in [3.05, 3.63) is 36.2 Å². The highest BCUT2D eigenvalue weighted by atomic mass is 16.3. The second-order valence-corrected chi connectivity index (χ2v) is 5.52. The summed E-state index contributed by atoms with van der Waals surface area (Å²) in [6.07, 6.45) is 4.65. The summed E-state index contributed by atoms with van der Waals surface area (Å²) in [4.78, 5) is 17.9. The van der Waals surface area contributed by atoms with Crippen LogP contribution in [0.3, 0.4) is 0 Å². The topological polar surface area (TPSA) is 66.6 Å². The summed E-state index contributed by atoms with van der Waals surface area (Å²) < 4.78 is 5.51. The first-order valence-corrected chi connectivity index (χ1v) is 7.15. The molecule has 0 aliphatic carbocycles. The predicted molar refractivity (Wildman–Crippen MR) is 79.5 cm³/mol. The van der Waals surface area contributed by atoms with Crippen LogP contribution >= 0.6 is 0 Å². The van der Waals surface area contributed by atoms with Gasteiger partial charge in [-0.2, -0.15) is 0 Å². The molecule has 1 saturated heterocycles. The number of aromatic nitrogens is 1. The number of hydrogen-bond acceptors (Lipinski definition) is 4. The van der Waals surface area contributed by atoms with E-state index in [0.717, 1.165) is 18.4 Å². The summed E-state index contributed by atoms with van der Waals surface area (Å²) in [5.74, 6) is 0.284. The third kappa shape index (κ3) is 2.83. The van der Waals surface area contributed by atoms with Crippen LogP contribution in [0.1, 0.15) is 25.7 Å². The quantitative estimate of drug-likeness (QED) is 0.875. The number of aliphatic hydroxyl groups is 1. The summed E-state index contributed by atoms with van der Waals surface area (Å²) in [6, 6.07) is 7.46. The Morgan fingerprint density at radius 3 is 2.95 bits per heavy atom. The van der Waals surface area contributed by atoms with Crippen LogP contribution in [0.5, 0.6) is 0 Å². The van der Waals surface area contributed by atoms with Gasteiger partial charge in [-0.15, -0.1) is 0 Å². The second kappa shape index (κ2) is 5.33. The van der Waals surface area contributed by atoms with Crippen LogP contribution in [0.25, 0.3) is 17.2 Å². The van der Waals surface area contributed by atoms with Crippen molar-refractivity contribution in [3.8, 4) is 0 Å². The van der Waals surface area contributed by atoms with Crippen LogP contribution in [0.4, 0.5) is 0 Å². The van der Waals surface area contributed by atoms with Crippen molar-refractivity contribution in [3.63, 3.8) is 0 Å². The standard InChI is InChI=1S/C16H18N2O3/c1-2-9-16(20)10-18(11-16)15(19)8-7-14-17-12-5-3-4-6-13(12)21-14/h3-8,20H,2,9-11H2,1H3. The van der Waals surface area contributed by atoms with Gasteiger partial charge in [0.25, 0.3) is 0 Å². The van der Waals surface area contributed by atoms with E-state index in [4.69, 9.17) is 4.42 Å². The molecular formula is C16H18N2O3. The minimum absolute atomic E-state index is 0.127. The smallest absolute Gasteiger partial charge is 0.246 e. The maximum absolute atomic E-state index is 12.0. The van der Waals surface area contributed by atoms with Gasteiger partial charge >= 0.3 is 0 Å². The lowest BCUT2D eigenvalue weighted by Crippen LogP contribution is -2.63. The maximum atomic E-state index is 12.0. The van der Waals surface area contributed by atoms with Crippen LogP contribution in [0.15, 0.2) is 34.8 Å². The number of benzene rings is 1. The van der Waals surface area contributed by atoms with Crippen molar-refractivity contribution in [2.45, 2.75) is 25.4 Å². The van der Waals surface area contributed by atoms with Crippen molar-refractivity contribution < 1.29 is 14.3 Å². The number of nitrogens with zero attached hydrogens (tertiary/aromatic N) is 2. The van der Waals surface area contributed by atoms with Gasteiger partial charge in [0.05, 0.1) is 18.7 Å². The first kappa shape index (κ1) is 13.8. The largest absolute Gasteiger partial charge is 0.437 e. The number of fused-ring (bicyclic) bond motifs is 1. The van der Waals surface area contributed by atoms with Crippen LogP contribution in [0, 0.1) is 0 Å². The normalized spacial score (nSPS) is 17.3. The average molecular weight is 286 g/mol. The van der Waals surface area contributed by atoms with Crippen LogP contribution in [-0.4, -0.2) is 39.6 Å². The summed E-state index contributed by atoms with van der Waals surface area (Å²) in [7, 11) is 0. The molecule has 0 radical (unpaired) electrons. The highest BCUT2D eigenvalue weighted by molar-refractivity contribution is 5.92. The molecule has 1 fully saturated rings. The zero-order valence-corrected chi connectivity index (χ0v) is 12.0. The van der Waals surface area contributed by atoms with E-state index in [-0.39, 0.29) is 5.91 Å². The van der Waals surface area contributed by atoms with E-state index >= 15 is 0 Å². The number of oxazole rings is 1. The summed E-state index contributed by atoms with van der Waals surface area (Å²) in [6.45, 7) is 2.82. The molecule has 0 bridgehead atoms. The van der Waals surface area contributed by atoms with Gasteiger partial charge in [-0.05, 0) is 18.6 Å². The first-order valence-electron chi connectivity index (χ1n) is 7.15. The van der Waals surface area contributed by atoms with Gasteiger partial charge in [0.2, 0.25) is 11.8 Å². The van der Waals surface area contributed by atoms with Crippen LogP contribution in [-0.2, 0) is 4.79 Å². The number of likely N-dealkylation sites (tertiary alicyclic amines) is 1. The number of carbonyl (C=O) groups excluding carboxylic acids is 1. The lowest BCUT2D eigenvalue weighted by Gasteiger charge is -2.46. The Labute approximate surface area is 122 Å². The second-order valence-electron chi connectivity index (χ2n) is 5.52. The third-order valence-electron chi connectivity index (χ3n) is 3.68. The average Bonchev–Trinajstić information content (AvgIpc) is 2.85. The minimum Gasteiger partial charge on any atom is -0.437 e. The van der Waals surface area contributed by atoms with E-state index in [1.54, 1.807) is 11.0 Å². The summed E-state index contributed by atoms with van der Waals surface area (Å²) in [5, 5.41) is 10.1. The molecule has 1 aliphatic heterocycles. The number of β-amino-alcohol motifs (C(OH)–C–C–N with tert-alkyl or cyclic N) is 1. The lowest BCUT2D eigenvalue weighted by molar-refractivity contribution is -0.151. The Hall–Kier alpha value is -2.14. The van der Waals surface area contributed by atoms with Crippen LogP contribution in [0.2, 0.25) is 0 Å². The summed E-state index contributed by atoms with van der Waals surface area (Å²) in [5.41, 5.74) is 0.771. The van der Waals surface area contributed by atoms with Crippen molar-refractivity contribution in [2.24, 2.45) is 0 Å².